The first-order valence-corrected chi connectivity index (χ1v) is 7.85. The molecule has 0 bridgehead atoms. The normalized spacial score (nSPS) is 11.8. The van der Waals surface area contributed by atoms with Crippen molar-refractivity contribution in [1.29, 1.82) is 0 Å². The van der Waals surface area contributed by atoms with Crippen molar-refractivity contribution in [3.63, 3.8) is 0 Å². The Morgan fingerprint density at radius 3 is 1.54 bits per heavy atom. The van der Waals surface area contributed by atoms with Crippen LogP contribution in [-0.2, 0) is 0 Å². The van der Waals surface area contributed by atoms with Gasteiger partial charge in [0.25, 0.3) is 11.1 Å². The molecule has 0 N–H and O–H groups in total. The molecular formula is C18H12N4O4. The number of fused-ring (bicyclic) bond motifs is 6. The van der Waals surface area contributed by atoms with E-state index in [1.807, 2.05) is 0 Å². The fraction of sp³-hybridized carbons (Fsp3) is 0.111. The molecule has 26 heavy (non-hydrogen) atoms. The van der Waals surface area contributed by atoms with Gasteiger partial charge in [-0.05, 0) is 36.4 Å². The summed E-state index contributed by atoms with van der Waals surface area (Å²) < 4.78 is 12.7. The number of rotatable bonds is 2. The van der Waals surface area contributed by atoms with E-state index in [0.29, 0.717) is 33.3 Å². The van der Waals surface area contributed by atoms with E-state index in [2.05, 4.69) is 10.2 Å². The highest BCUT2D eigenvalue weighted by Gasteiger charge is 2.20. The van der Waals surface area contributed by atoms with E-state index < -0.39 is 11.1 Å². The zero-order valence-electron chi connectivity index (χ0n) is 13.9. The highest BCUT2D eigenvalue weighted by molar-refractivity contribution is 5.98. The third-order valence-corrected chi connectivity index (χ3v) is 4.55. The zero-order valence-corrected chi connectivity index (χ0v) is 13.9. The van der Waals surface area contributed by atoms with Crippen molar-refractivity contribution < 1.29 is 9.47 Å². The lowest BCUT2D eigenvalue weighted by Crippen LogP contribution is -2.27. The second kappa shape index (κ2) is 4.92. The van der Waals surface area contributed by atoms with Crippen LogP contribution in [0, 0.1) is 0 Å². The molecule has 0 aliphatic carbocycles. The van der Waals surface area contributed by atoms with E-state index >= 15 is 0 Å². The van der Waals surface area contributed by atoms with Crippen molar-refractivity contribution in [2.24, 2.45) is 0 Å². The maximum atomic E-state index is 13.1. The van der Waals surface area contributed by atoms with Crippen LogP contribution < -0.4 is 20.6 Å². The van der Waals surface area contributed by atoms with Crippen LogP contribution in [0.5, 0.6) is 11.5 Å². The van der Waals surface area contributed by atoms with Gasteiger partial charge in [0.2, 0.25) is 0 Å². The Labute approximate surface area is 145 Å². The lowest BCUT2D eigenvalue weighted by molar-refractivity contribution is 0.415. The van der Waals surface area contributed by atoms with Crippen LogP contribution in [0.2, 0.25) is 0 Å². The van der Waals surface area contributed by atoms with Gasteiger partial charge in [-0.1, -0.05) is 0 Å². The van der Waals surface area contributed by atoms with E-state index in [1.165, 1.54) is 14.2 Å². The summed E-state index contributed by atoms with van der Waals surface area (Å²) in [6, 6.07) is 10.3. The molecular weight excluding hydrogens is 336 g/mol. The van der Waals surface area contributed by atoms with Crippen LogP contribution in [0.25, 0.3) is 32.8 Å². The van der Waals surface area contributed by atoms with Crippen LogP contribution in [0.4, 0.5) is 0 Å². The van der Waals surface area contributed by atoms with Gasteiger partial charge in [-0.25, -0.2) is 0 Å². The summed E-state index contributed by atoms with van der Waals surface area (Å²) in [4.78, 5) is 26.1. The molecule has 3 aromatic heterocycles. The second-order valence-corrected chi connectivity index (χ2v) is 5.90. The van der Waals surface area contributed by atoms with Gasteiger partial charge in [0.15, 0.2) is 0 Å². The van der Waals surface area contributed by atoms with E-state index in [1.54, 1.807) is 36.4 Å². The highest BCUT2D eigenvalue weighted by Crippen LogP contribution is 2.25. The molecule has 3 heterocycles. The van der Waals surface area contributed by atoms with Crippen molar-refractivity contribution in [1.82, 2.24) is 19.2 Å². The third-order valence-electron chi connectivity index (χ3n) is 4.55. The average molecular weight is 348 g/mol. The van der Waals surface area contributed by atoms with Crippen LogP contribution in [-0.4, -0.2) is 33.4 Å². The summed E-state index contributed by atoms with van der Waals surface area (Å²) in [6.07, 6.45) is 0. The quantitative estimate of drug-likeness (QED) is 0.480. The van der Waals surface area contributed by atoms with E-state index in [9.17, 15) is 9.59 Å². The van der Waals surface area contributed by atoms with E-state index in [4.69, 9.17) is 9.47 Å². The van der Waals surface area contributed by atoms with Gasteiger partial charge < -0.3 is 9.47 Å². The lowest BCUT2D eigenvalue weighted by Gasteiger charge is -1.98. The number of aromatic nitrogens is 4. The summed E-state index contributed by atoms with van der Waals surface area (Å²) in [7, 11) is 3.08. The van der Waals surface area contributed by atoms with Crippen LogP contribution in [0.1, 0.15) is 0 Å². The van der Waals surface area contributed by atoms with Crippen molar-refractivity contribution in [2.75, 3.05) is 14.2 Å². The summed E-state index contributed by atoms with van der Waals surface area (Å²) in [5, 5.41) is 9.71. The molecule has 0 atom stereocenters. The molecule has 128 valence electrons. The fourth-order valence-corrected chi connectivity index (χ4v) is 3.29. The first-order valence-electron chi connectivity index (χ1n) is 7.85. The van der Waals surface area contributed by atoms with Gasteiger partial charge in [0, 0.05) is 10.8 Å². The maximum absolute atomic E-state index is 13.1. The topological polar surface area (TPSA) is 87.2 Å². The van der Waals surface area contributed by atoms with Crippen LogP contribution >= 0.6 is 0 Å². The first-order chi connectivity index (χ1) is 12.6. The highest BCUT2D eigenvalue weighted by atomic mass is 16.5. The number of benzene rings is 2. The summed E-state index contributed by atoms with van der Waals surface area (Å²) in [5.74, 6) is 1.16. The van der Waals surface area contributed by atoms with Crippen molar-refractivity contribution in [3.05, 3.63) is 57.1 Å². The summed E-state index contributed by atoms with van der Waals surface area (Å²) >= 11 is 0. The predicted octanol–water partition coefficient (Wildman–Crippen LogP) is 1.46. The molecule has 0 saturated heterocycles. The van der Waals surface area contributed by atoms with Gasteiger partial charge in [0.05, 0.1) is 25.3 Å². The third kappa shape index (κ3) is 1.72. The zero-order chi connectivity index (χ0) is 18.0. The van der Waals surface area contributed by atoms with E-state index in [0.717, 1.165) is 9.03 Å². The summed E-state index contributed by atoms with van der Waals surface area (Å²) in [5.41, 5.74) is 0.605. The molecule has 0 amide bonds. The Balaban J connectivity index is 2.05. The van der Waals surface area contributed by atoms with Gasteiger partial charge in [-0.15, -0.1) is 0 Å². The Hall–Kier alpha value is -3.68. The number of ether oxygens (including phenoxy) is 2. The monoisotopic (exact) mass is 348 g/mol. The molecule has 0 aliphatic heterocycles. The van der Waals surface area contributed by atoms with Crippen LogP contribution in [0.3, 0.4) is 0 Å². The molecule has 0 unspecified atom stereocenters. The molecule has 0 fully saturated rings. The molecule has 0 saturated carbocycles. The molecule has 0 radical (unpaired) electrons. The number of methoxy groups -OCH3 is 2. The van der Waals surface area contributed by atoms with Crippen molar-refractivity contribution >= 4 is 32.8 Å². The smallest absolute Gasteiger partial charge is 0.298 e. The second-order valence-electron chi connectivity index (χ2n) is 5.90. The lowest BCUT2D eigenvalue weighted by atomic mass is 10.2. The van der Waals surface area contributed by atoms with Gasteiger partial charge in [-0.3, -0.25) is 9.59 Å². The van der Waals surface area contributed by atoms with Crippen molar-refractivity contribution in [2.45, 2.75) is 0 Å². The molecule has 2 aromatic carbocycles. The Morgan fingerprint density at radius 1 is 0.731 bits per heavy atom. The molecule has 8 heteroatoms. The number of hydrogen-bond donors (Lipinski definition) is 0. The van der Waals surface area contributed by atoms with Gasteiger partial charge in [0.1, 0.15) is 22.5 Å². The Morgan fingerprint density at radius 2 is 1.15 bits per heavy atom. The summed E-state index contributed by atoms with van der Waals surface area (Å²) in [6.45, 7) is 0. The van der Waals surface area contributed by atoms with Crippen molar-refractivity contribution in [3.8, 4) is 11.5 Å². The maximum Gasteiger partial charge on any atom is 0.298 e. The largest absolute Gasteiger partial charge is 0.497 e. The van der Waals surface area contributed by atoms with Crippen LogP contribution in [0.15, 0.2) is 46.0 Å². The molecule has 8 nitrogen and oxygen atoms in total. The predicted molar refractivity (Wildman–Crippen MR) is 95.8 cm³/mol. The minimum atomic E-state index is -0.412. The minimum Gasteiger partial charge on any atom is -0.497 e. The van der Waals surface area contributed by atoms with E-state index in [-0.39, 0.29) is 11.0 Å². The molecule has 5 rings (SSSR count). The molecule has 5 aromatic rings. The number of nitrogens with zero attached hydrogens (tertiary/aromatic N) is 4. The standard InChI is InChI=1S/C18H12N4O4/c1-25-9-3-5-13-11(7-9)15-17(23)22-16(18(24)21(15)19-13)12-8-10(26-2)4-6-14(12)20-22/h3-8H,1-2H3. The average Bonchev–Trinajstić information content (AvgIpc) is 3.24. The fourth-order valence-electron chi connectivity index (χ4n) is 3.29. The molecule has 0 spiro atoms. The SMILES string of the molecule is COc1ccc2nn3c(=O)c4c5cc(OC)ccc5nn4c(=O)c3c2c1. The minimum absolute atomic E-state index is 0.177. The van der Waals surface area contributed by atoms with Gasteiger partial charge in [-0.2, -0.15) is 19.2 Å². The Kier molecular flexibility index (Phi) is 2.77. The first kappa shape index (κ1) is 14.6. The van der Waals surface area contributed by atoms with Gasteiger partial charge >= 0.3 is 0 Å². The Bertz CT molecular complexity index is 1340. The molecule has 0 aliphatic rings. The number of hydrogen-bond acceptors (Lipinski definition) is 6.